The van der Waals surface area contributed by atoms with Crippen LogP contribution in [0.25, 0.3) is 0 Å². The van der Waals surface area contributed by atoms with Gasteiger partial charge in [0.1, 0.15) is 0 Å². The van der Waals surface area contributed by atoms with Crippen LogP contribution in [0.5, 0.6) is 0 Å². The van der Waals surface area contributed by atoms with Crippen LogP contribution in [-0.4, -0.2) is 18.7 Å². The number of hydrogen-bond acceptors (Lipinski definition) is 2. The molecule has 1 N–H and O–H groups in total. The highest BCUT2D eigenvalue weighted by Crippen LogP contribution is 2.22. The Kier molecular flexibility index (Phi) is 5.48. The number of nitrogens with one attached hydrogen (secondary N) is 1. The molecule has 0 bridgehead atoms. The average Bonchev–Trinajstić information content (AvgIpc) is 2.38. The monoisotopic (exact) mass is 267 g/mol. The molecule has 2 rings (SSSR count). The van der Waals surface area contributed by atoms with E-state index in [9.17, 15) is 0 Å². The van der Waals surface area contributed by atoms with E-state index >= 15 is 0 Å². The van der Waals surface area contributed by atoms with Crippen LogP contribution in [0.2, 0.25) is 5.02 Å². The van der Waals surface area contributed by atoms with Gasteiger partial charge < -0.3 is 10.1 Å². The molecule has 2 unspecified atom stereocenters. The van der Waals surface area contributed by atoms with Gasteiger partial charge in [-0.2, -0.15) is 0 Å². The average molecular weight is 268 g/mol. The number of likely N-dealkylation sites (N-methyl/N-ethyl adjacent to an activating group) is 1. The highest BCUT2D eigenvalue weighted by molar-refractivity contribution is 6.30. The predicted molar refractivity (Wildman–Crippen MR) is 76.0 cm³/mol. The van der Waals surface area contributed by atoms with Gasteiger partial charge in [-0.05, 0) is 37.1 Å². The molecule has 0 aliphatic heterocycles. The van der Waals surface area contributed by atoms with Crippen molar-refractivity contribution in [3.63, 3.8) is 0 Å². The molecule has 3 heteroatoms. The zero-order valence-electron chi connectivity index (χ0n) is 11.0. The molecule has 1 aliphatic carbocycles. The normalized spacial score (nSPS) is 24.1. The molecule has 0 aromatic heterocycles. The van der Waals surface area contributed by atoms with Gasteiger partial charge in [0, 0.05) is 11.1 Å². The summed E-state index contributed by atoms with van der Waals surface area (Å²) in [6, 6.07) is 8.43. The van der Waals surface area contributed by atoms with Crippen molar-refractivity contribution in [3.05, 3.63) is 34.9 Å². The van der Waals surface area contributed by atoms with E-state index in [-0.39, 0.29) is 0 Å². The lowest BCUT2D eigenvalue weighted by Crippen LogP contribution is -2.43. The molecule has 0 spiro atoms. The molecule has 1 aromatic carbocycles. The van der Waals surface area contributed by atoms with Crippen molar-refractivity contribution < 1.29 is 4.74 Å². The molecule has 0 saturated heterocycles. The minimum atomic E-state index is 0.345. The minimum absolute atomic E-state index is 0.345. The van der Waals surface area contributed by atoms with Gasteiger partial charge in [0.05, 0.1) is 12.7 Å². The van der Waals surface area contributed by atoms with E-state index in [1.54, 1.807) is 0 Å². The Balaban J connectivity index is 1.87. The standard InChI is InChI=1S/C15H22ClNO/c1-2-17-14-8-3-4-9-15(14)18-11-12-6-5-7-13(16)10-12/h5-7,10,14-15,17H,2-4,8-9,11H2,1H3. The maximum atomic E-state index is 6.07. The van der Waals surface area contributed by atoms with Gasteiger partial charge in [0.25, 0.3) is 0 Å². The summed E-state index contributed by atoms with van der Waals surface area (Å²) in [5.74, 6) is 0. The van der Waals surface area contributed by atoms with Crippen molar-refractivity contribution in [2.45, 2.75) is 51.4 Å². The van der Waals surface area contributed by atoms with Crippen LogP contribution < -0.4 is 5.32 Å². The third kappa shape index (κ3) is 3.98. The maximum Gasteiger partial charge on any atom is 0.0732 e. The van der Waals surface area contributed by atoms with E-state index in [2.05, 4.69) is 18.3 Å². The Morgan fingerprint density at radius 3 is 2.94 bits per heavy atom. The molecule has 1 saturated carbocycles. The second kappa shape index (κ2) is 7.13. The first-order chi connectivity index (χ1) is 8.79. The summed E-state index contributed by atoms with van der Waals surface area (Å²) in [6.07, 6.45) is 5.33. The van der Waals surface area contributed by atoms with Crippen molar-refractivity contribution in [1.82, 2.24) is 5.32 Å². The second-order valence-electron chi connectivity index (χ2n) is 4.93. The van der Waals surface area contributed by atoms with Crippen LogP contribution in [-0.2, 0) is 11.3 Å². The molecule has 0 radical (unpaired) electrons. The minimum Gasteiger partial charge on any atom is -0.372 e. The van der Waals surface area contributed by atoms with Gasteiger partial charge in [-0.1, -0.05) is 43.5 Å². The summed E-state index contributed by atoms with van der Waals surface area (Å²) < 4.78 is 6.07. The summed E-state index contributed by atoms with van der Waals surface area (Å²) in [5, 5.41) is 4.31. The first-order valence-corrected chi connectivity index (χ1v) is 7.27. The van der Waals surface area contributed by atoms with Crippen LogP contribution in [0, 0.1) is 0 Å². The van der Waals surface area contributed by atoms with E-state index in [4.69, 9.17) is 16.3 Å². The molecule has 2 nitrogen and oxygen atoms in total. The van der Waals surface area contributed by atoms with Gasteiger partial charge in [-0.15, -0.1) is 0 Å². The zero-order chi connectivity index (χ0) is 12.8. The Morgan fingerprint density at radius 2 is 2.17 bits per heavy atom. The Labute approximate surface area is 115 Å². The van der Waals surface area contributed by atoms with Gasteiger partial charge in [-0.3, -0.25) is 0 Å². The number of halogens is 1. The van der Waals surface area contributed by atoms with Gasteiger partial charge in [-0.25, -0.2) is 0 Å². The number of ether oxygens (including phenoxy) is 1. The van der Waals surface area contributed by atoms with Crippen LogP contribution in [0.4, 0.5) is 0 Å². The van der Waals surface area contributed by atoms with Crippen molar-refractivity contribution in [2.24, 2.45) is 0 Å². The Bertz CT molecular complexity index is 367. The van der Waals surface area contributed by atoms with Crippen molar-refractivity contribution in [3.8, 4) is 0 Å². The zero-order valence-corrected chi connectivity index (χ0v) is 11.7. The molecular weight excluding hydrogens is 246 g/mol. The summed E-state index contributed by atoms with van der Waals surface area (Å²) in [4.78, 5) is 0. The fourth-order valence-corrected chi connectivity index (χ4v) is 2.83. The first-order valence-electron chi connectivity index (χ1n) is 6.89. The summed E-state index contributed by atoms with van der Waals surface area (Å²) in [5.41, 5.74) is 1.16. The predicted octanol–water partition coefficient (Wildman–Crippen LogP) is 3.78. The smallest absolute Gasteiger partial charge is 0.0732 e. The lowest BCUT2D eigenvalue weighted by atomic mass is 9.92. The highest BCUT2D eigenvalue weighted by atomic mass is 35.5. The largest absolute Gasteiger partial charge is 0.372 e. The molecular formula is C15H22ClNO. The summed E-state index contributed by atoms with van der Waals surface area (Å²) in [7, 11) is 0. The Hall–Kier alpha value is -0.570. The Morgan fingerprint density at radius 1 is 1.33 bits per heavy atom. The fraction of sp³-hybridized carbons (Fsp3) is 0.600. The number of rotatable bonds is 5. The van der Waals surface area contributed by atoms with Crippen molar-refractivity contribution in [2.75, 3.05) is 6.54 Å². The third-order valence-corrected chi connectivity index (χ3v) is 3.76. The van der Waals surface area contributed by atoms with E-state index < -0.39 is 0 Å². The highest BCUT2D eigenvalue weighted by Gasteiger charge is 2.24. The lowest BCUT2D eigenvalue weighted by Gasteiger charge is -2.32. The molecule has 0 heterocycles. The quantitative estimate of drug-likeness (QED) is 0.877. The fourth-order valence-electron chi connectivity index (χ4n) is 2.62. The van der Waals surface area contributed by atoms with Crippen LogP contribution >= 0.6 is 11.6 Å². The van der Waals surface area contributed by atoms with E-state index in [1.165, 1.54) is 19.3 Å². The first kappa shape index (κ1) is 13.9. The van der Waals surface area contributed by atoms with E-state index in [1.807, 2.05) is 18.2 Å². The van der Waals surface area contributed by atoms with E-state index in [0.29, 0.717) is 18.8 Å². The SMILES string of the molecule is CCNC1CCCCC1OCc1cccc(Cl)c1. The number of benzene rings is 1. The topological polar surface area (TPSA) is 21.3 Å². The number of hydrogen-bond donors (Lipinski definition) is 1. The molecule has 1 aromatic rings. The molecule has 100 valence electrons. The summed E-state index contributed by atoms with van der Waals surface area (Å²) in [6.45, 7) is 3.83. The summed E-state index contributed by atoms with van der Waals surface area (Å²) >= 11 is 5.98. The van der Waals surface area contributed by atoms with Gasteiger partial charge >= 0.3 is 0 Å². The van der Waals surface area contributed by atoms with Crippen LogP contribution in [0.1, 0.15) is 38.2 Å². The molecule has 1 fully saturated rings. The van der Waals surface area contributed by atoms with Crippen LogP contribution in [0.15, 0.2) is 24.3 Å². The molecule has 2 atom stereocenters. The molecule has 0 amide bonds. The molecule has 18 heavy (non-hydrogen) atoms. The molecule has 1 aliphatic rings. The lowest BCUT2D eigenvalue weighted by molar-refractivity contribution is -0.00503. The van der Waals surface area contributed by atoms with Gasteiger partial charge in [0.15, 0.2) is 0 Å². The van der Waals surface area contributed by atoms with Gasteiger partial charge in [0.2, 0.25) is 0 Å². The van der Waals surface area contributed by atoms with Crippen molar-refractivity contribution in [1.29, 1.82) is 0 Å². The van der Waals surface area contributed by atoms with Crippen LogP contribution in [0.3, 0.4) is 0 Å². The second-order valence-corrected chi connectivity index (χ2v) is 5.36. The van der Waals surface area contributed by atoms with Crippen molar-refractivity contribution >= 4 is 11.6 Å². The third-order valence-electron chi connectivity index (χ3n) is 3.52. The maximum absolute atomic E-state index is 6.07. The van der Waals surface area contributed by atoms with E-state index in [0.717, 1.165) is 23.6 Å².